The third-order valence-electron chi connectivity index (χ3n) is 9.67. The minimum Gasteiger partial charge on any atom is -0.456 e. The van der Waals surface area contributed by atoms with E-state index in [1.54, 1.807) is 0 Å². The molecule has 2 heterocycles. The molecule has 0 spiro atoms. The predicted octanol–water partition coefficient (Wildman–Crippen LogP) is 13.4. The van der Waals surface area contributed by atoms with Gasteiger partial charge < -0.3 is 13.7 Å². The van der Waals surface area contributed by atoms with Gasteiger partial charge in [-0.1, -0.05) is 127 Å². The van der Waals surface area contributed by atoms with Crippen LogP contribution < -0.4 is 4.90 Å². The Kier molecular flexibility index (Phi) is 6.18. The van der Waals surface area contributed by atoms with Gasteiger partial charge in [0.15, 0.2) is 5.58 Å². The first kappa shape index (κ1) is 27.5. The highest BCUT2D eigenvalue weighted by Gasteiger charge is 2.23. The minimum absolute atomic E-state index is 0.858. The van der Waals surface area contributed by atoms with Gasteiger partial charge in [0.25, 0.3) is 0 Å². The van der Waals surface area contributed by atoms with Crippen LogP contribution in [0.25, 0.3) is 76.9 Å². The standard InChI is InChI=1S/C46H29NO2/c1-2-11-32(12-3-1)36-26-27-41(46-45(36)38-17-7-9-20-43(38)49-46)47(40-18-10-14-31-13-4-5-15-35(31)40)34-24-21-30(22-25-34)33-23-28-44-39(29-33)37-16-6-8-19-42(37)48-44/h1-29H. The summed E-state index contributed by atoms with van der Waals surface area (Å²) in [6.45, 7) is 0. The van der Waals surface area contributed by atoms with Crippen LogP contribution in [0, 0.1) is 0 Å². The zero-order valence-electron chi connectivity index (χ0n) is 26.5. The van der Waals surface area contributed by atoms with Gasteiger partial charge in [0.05, 0.1) is 11.4 Å². The number of rotatable bonds is 5. The number of nitrogens with zero attached hydrogens (tertiary/aromatic N) is 1. The van der Waals surface area contributed by atoms with Gasteiger partial charge >= 0.3 is 0 Å². The van der Waals surface area contributed by atoms with Crippen molar-refractivity contribution in [2.75, 3.05) is 4.90 Å². The molecular weight excluding hydrogens is 599 g/mol. The second-order valence-electron chi connectivity index (χ2n) is 12.5. The zero-order valence-corrected chi connectivity index (χ0v) is 26.5. The van der Waals surface area contributed by atoms with Gasteiger partial charge in [0.2, 0.25) is 0 Å². The lowest BCUT2D eigenvalue weighted by Gasteiger charge is -2.27. The quantitative estimate of drug-likeness (QED) is 0.190. The van der Waals surface area contributed by atoms with Crippen LogP contribution in [0.2, 0.25) is 0 Å². The van der Waals surface area contributed by atoms with Crippen LogP contribution in [0.1, 0.15) is 0 Å². The molecular formula is C46H29NO2. The van der Waals surface area contributed by atoms with Gasteiger partial charge in [-0.2, -0.15) is 0 Å². The fourth-order valence-corrected chi connectivity index (χ4v) is 7.37. The summed E-state index contributed by atoms with van der Waals surface area (Å²) in [5, 5.41) is 6.83. The summed E-state index contributed by atoms with van der Waals surface area (Å²) >= 11 is 0. The number of benzene rings is 8. The number of para-hydroxylation sites is 2. The minimum atomic E-state index is 0.858. The SMILES string of the molecule is c1ccc(-c2ccc(N(c3ccc(-c4ccc5oc6ccccc6c5c4)cc3)c3cccc4ccccc34)c3oc4ccccc4c23)cc1. The average molecular weight is 628 g/mol. The summed E-state index contributed by atoms with van der Waals surface area (Å²) < 4.78 is 12.9. The molecule has 0 unspecified atom stereocenters. The smallest absolute Gasteiger partial charge is 0.160 e. The number of hydrogen-bond donors (Lipinski definition) is 0. The fraction of sp³-hybridized carbons (Fsp3) is 0. The first-order valence-corrected chi connectivity index (χ1v) is 16.6. The Labute approximate surface area is 282 Å². The highest BCUT2D eigenvalue weighted by Crippen LogP contribution is 2.47. The lowest BCUT2D eigenvalue weighted by Crippen LogP contribution is -2.11. The van der Waals surface area contributed by atoms with Gasteiger partial charge in [0, 0.05) is 32.6 Å². The molecule has 0 N–H and O–H groups in total. The van der Waals surface area contributed by atoms with E-state index in [1.165, 1.54) is 10.8 Å². The molecule has 0 amide bonds. The molecule has 0 aliphatic carbocycles. The van der Waals surface area contributed by atoms with Crippen LogP contribution in [0.15, 0.2) is 185 Å². The molecule has 0 aliphatic heterocycles. The van der Waals surface area contributed by atoms with Gasteiger partial charge in [-0.15, -0.1) is 0 Å². The molecule has 0 aliphatic rings. The zero-order chi connectivity index (χ0) is 32.3. The van der Waals surface area contributed by atoms with Crippen molar-refractivity contribution in [3.05, 3.63) is 176 Å². The summed E-state index contributed by atoms with van der Waals surface area (Å²) in [5.41, 5.74) is 11.3. The van der Waals surface area contributed by atoms with Crippen LogP contribution in [0.4, 0.5) is 17.1 Å². The molecule has 49 heavy (non-hydrogen) atoms. The molecule has 8 aromatic carbocycles. The first-order chi connectivity index (χ1) is 24.3. The van der Waals surface area contributed by atoms with E-state index >= 15 is 0 Å². The van der Waals surface area contributed by atoms with E-state index in [2.05, 4.69) is 163 Å². The van der Waals surface area contributed by atoms with Gasteiger partial charge in [-0.05, 0) is 76.2 Å². The fourth-order valence-electron chi connectivity index (χ4n) is 7.37. The van der Waals surface area contributed by atoms with Crippen molar-refractivity contribution in [3.63, 3.8) is 0 Å². The van der Waals surface area contributed by atoms with Crippen molar-refractivity contribution in [3.8, 4) is 22.3 Å². The lowest BCUT2D eigenvalue weighted by atomic mass is 9.97. The van der Waals surface area contributed by atoms with E-state index in [9.17, 15) is 0 Å². The molecule has 2 aromatic heterocycles. The maximum atomic E-state index is 6.79. The summed E-state index contributed by atoms with van der Waals surface area (Å²) in [7, 11) is 0. The number of hydrogen-bond acceptors (Lipinski definition) is 3. The molecule has 10 rings (SSSR count). The van der Waals surface area contributed by atoms with E-state index < -0.39 is 0 Å². The molecule has 0 saturated heterocycles. The lowest BCUT2D eigenvalue weighted by molar-refractivity contribution is 0.668. The van der Waals surface area contributed by atoms with E-state index in [0.29, 0.717) is 0 Å². The van der Waals surface area contributed by atoms with Crippen LogP contribution in [0.3, 0.4) is 0 Å². The van der Waals surface area contributed by atoms with E-state index in [4.69, 9.17) is 8.83 Å². The molecule has 0 fully saturated rings. The Hall–Kier alpha value is -6.58. The third kappa shape index (κ3) is 4.44. The van der Waals surface area contributed by atoms with E-state index in [0.717, 1.165) is 83.2 Å². The Morgan fingerprint density at radius 1 is 0.367 bits per heavy atom. The normalized spacial score (nSPS) is 11.7. The Balaban J connectivity index is 1.19. The summed E-state index contributed by atoms with van der Waals surface area (Å²) in [6, 6.07) is 62.0. The first-order valence-electron chi connectivity index (χ1n) is 16.6. The second kappa shape index (κ2) is 11.0. The van der Waals surface area contributed by atoms with Crippen LogP contribution >= 0.6 is 0 Å². The van der Waals surface area contributed by atoms with Crippen LogP contribution in [-0.4, -0.2) is 0 Å². The Morgan fingerprint density at radius 3 is 1.86 bits per heavy atom. The average Bonchev–Trinajstić information content (AvgIpc) is 3.75. The van der Waals surface area contributed by atoms with Gasteiger partial charge in [-0.25, -0.2) is 0 Å². The number of anilines is 3. The Bertz CT molecular complexity index is 2820. The van der Waals surface area contributed by atoms with Crippen molar-refractivity contribution in [2.45, 2.75) is 0 Å². The van der Waals surface area contributed by atoms with Gasteiger partial charge in [0.1, 0.15) is 16.7 Å². The van der Waals surface area contributed by atoms with Gasteiger partial charge in [-0.3, -0.25) is 0 Å². The van der Waals surface area contributed by atoms with Crippen molar-refractivity contribution < 1.29 is 8.83 Å². The highest BCUT2D eigenvalue weighted by atomic mass is 16.3. The Morgan fingerprint density at radius 2 is 1.02 bits per heavy atom. The van der Waals surface area contributed by atoms with Crippen molar-refractivity contribution >= 4 is 71.7 Å². The molecule has 0 saturated carbocycles. The topological polar surface area (TPSA) is 29.5 Å². The molecule has 10 aromatic rings. The second-order valence-corrected chi connectivity index (χ2v) is 12.5. The van der Waals surface area contributed by atoms with Crippen LogP contribution in [0.5, 0.6) is 0 Å². The maximum Gasteiger partial charge on any atom is 0.160 e. The highest BCUT2D eigenvalue weighted by molar-refractivity contribution is 6.17. The number of furan rings is 2. The summed E-state index contributed by atoms with van der Waals surface area (Å²) in [4.78, 5) is 2.35. The van der Waals surface area contributed by atoms with E-state index in [-0.39, 0.29) is 0 Å². The van der Waals surface area contributed by atoms with E-state index in [1.807, 2.05) is 18.2 Å². The molecule has 0 bridgehead atoms. The predicted molar refractivity (Wildman–Crippen MR) is 204 cm³/mol. The monoisotopic (exact) mass is 627 g/mol. The summed E-state index contributed by atoms with van der Waals surface area (Å²) in [6.07, 6.45) is 0. The third-order valence-corrected chi connectivity index (χ3v) is 9.67. The molecule has 0 atom stereocenters. The van der Waals surface area contributed by atoms with Crippen molar-refractivity contribution in [1.29, 1.82) is 0 Å². The van der Waals surface area contributed by atoms with Crippen LogP contribution in [-0.2, 0) is 0 Å². The van der Waals surface area contributed by atoms with Crippen molar-refractivity contribution in [1.82, 2.24) is 0 Å². The molecule has 0 radical (unpaired) electrons. The summed E-state index contributed by atoms with van der Waals surface area (Å²) in [5.74, 6) is 0. The molecule has 3 nitrogen and oxygen atoms in total. The molecule has 230 valence electrons. The maximum absolute atomic E-state index is 6.79. The van der Waals surface area contributed by atoms with Crippen molar-refractivity contribution in [2.24, 2.45) is 0 Å². The largest absolute Gasteiger partial charge is 0.456 e. The number of fused-ring (bicyclic) bond motifs is 7. The molecule has 3 heteroatoms.